The largest absolute Gasteiger partial charge is 0.508 e. The van der Waals surface area contributed by atoms with Crippen LogP contribution in [0.15, 0.2) is 18.2 Å². The Morgan fingerprint density at radius 2 is 1.45 bits per heavy atom. The van der Waals surface area contributed by atoms with E-state index < -0.39 is 47.5 Å². The molecule has 0 fully saturated rings. The van der Waals surface area contributed by atoms with Gasteiger partial charge in [-0.2, -0.15) is 0 Å². The molecule has 214 valence electrons. The third-order valence-electron chi connectivity index (χ3n) is 5.91. The minimum atomic E-state index is -1.37. The van der Waals surface area contributed by atoms with Crippen molar-refractivity contribution in [2.24, 2.45) is 23.5 Å². The summed E-state index contributed by atoms with van der Waals surface area (Å²) in [6.07, 6.45) is -0.00637. The van der Waals surface area contributed by atoms with Crippen molar-refractivity contribution in [1.29, 1.82) is 0 Å². The lowest BCUT2D eigenvalue weighted by atomic mass is 9.82. The molecule has 0 radical (unpaired) electrons. The van der Waals surface area contributed by atoms with Crippen LogP contribution in [0.1, 0.15) is 86.1 Å². The van der Waals surface area contributed by atoms with E-state index in [2.05, 4.69) is 0 Å². The summed E-state index contributed by atoms with van der Waals surface area (Å²) >= 11 is 0. The quantitative estimate of drug-likeness (QED) is 0.243. The molecule has 0 aliphatic rings. The zero-order chi connectivity index (χ0) is 29.2. The van der Waals surface area contributed by atoms with E-state index in [0.717, 1.165) is 0 Å². The van der Waals surface area contributed by atoms with Crippen LogP contribution in [0.5, 0.6) is 11.5 Å². The molecule has 0 saturated heterocycles. The maximum atomic E-state index is 12.5. The number of nitrogens with two attached hydrogens (primary N) is 1. The van der Waals surface area contributed by atoms with Crippen molar-refractivity contribution < 1.29 is 43.2 Å². The highest BCUT2D eigenvalue weighted by atomic mass is 16.7. The summed E-state index contributed by atoms with van der Waals surface area (Å²) in [5.74, 6) is -3.60. The van der Waals surface area contributed by atoms with Gasteiger partial charge in [-0.3, -0.25) is 14.4 Å². The maximum absolute atomic E-state index is 12.5. The Hall–Kier alpha value is -3.14. The van der Waals surface area contributed by atoms with Crippen molar-refractivity contribution in [1.82, 2.24) is 0 Å². The molecule has 0 spiro atoms. The summed E-state index contributed by atoms with van der Waals surface area (Å²) < 4.78 is 21.5. The fraction of sp³-hybridized carbons (Fsp3) is 0.643. The summed E-state index contributed by atoms with van der Waals surface area (Å²) in [5.41, 5.74) is 5.75. The summed E-state index contributed by atoms with van der Waals surface area (Å²) in [6.45, 7) is 14.3. The molecule has 10 heteroatoms. The number of hydrogen-bond acceptors (Lipinski definition) is 9. The van der Waals surface area contributed by atoms with Crippen LogP contribution in [0.4, 0.5) is 4.79 Å². The number of carbonyl (C=O) groups excluding carboxylic acids is 3. The Morgan fingerprint density at radius 3 is 1.92 bits per heavy atom. The minimum Gasteiger partial charge on any atom is -0.480 e. The topological polar surface area (TPSA) is 151 Å². The fourth-order valence-corrected chi connectivity index (χ4v) is 3.57. The Kier molecular flexibility index (Phi) is 12.7. The average molecular weight is 538 g/mol. The van der Waals surface area contributed by atoms with Gasteiger partial charge in [0.1, 0.15) is 11.6 Å². The second kappa shape index (κ2) is 14.7. The first-order chi connectivity index (χ1) is 17.6. The third kappa shape index (κ3) is 11.1. The first kappa shape index (κ1) is 32.9. The summed E-state index contributed by atoms with van der Waals surface area (Å²) in [6, 6.07) is 3.07. The molecule has 1 aromatic rings. The highest BCUT2D eigenvalue weighted by Gasteiger charge is 2.33. The SMILES string of the molecule is CCC(C)(C)OC(=O)OCC(C)C(c1ccc(OC(=O)CC(C)C)c(OC(=O)CC(C)C)c1)[C@H](N)C(=O)O. The van der Waals surface area contributed by atoms with Gasteiger partial charge in [0.25, 0.3) is 0 Å². The minimum absolute atomic E-state index is 0.0231. The van der Waals surface area contributed by atoms with Gasteiger partial charge in [-0.1, -0.05) is 47.6 Å². The highest BCUT2D eigenvalue weighted by Crippen LogP contribution is 2.36. The predicted molar refractivity (Wildman–Crippen MR) is 141 cm³/mol. The molecule has 3 N–H and O–H groups in total. The lowest BCUT2D eigenvalue weighted by Gasteiger charge is -2.28. The lowest BCUT2D eigenvalue weighted by Crippen LogP contribution is -2.41. The average Bonchev–Trinajstić information content (AvgIpc) is 2.78. The number of carboxylic acids is 1. The van der Waals surface area contributed by atoms with E-state index in [0.29, 0.717) is 12.0 Å². The van der Waals surface area contributed by atoms with Gasteiger partial charge in [0.2, 0.25) is 0 Å². The Labute approximate surface area is 225 Å². The van der Waals surface area contributed by atoms with E-state index in [4.69, 9.17) is 24.7 Å². The van der Waals surface area contributed by atoms with Crippen LogP contribution in [0, 0.1) is 17.8 Å². The molecule has 0 bridgehead atoms. The van der Waals surface area contributed by atoms with E-state index in [9.17, 15) is 24.3 Å². The van der Waals surface area contributed by atoms with Gasteiger partial charge in [-0.15, -0.1) is 0 Å². The number of carbonyl (C=O) groups is 4. The fourth-order valence-electron chi connectivity index (χ4n) is 3.57. The number of rotatable bonds is 14. The number of aliphatic carboxylic acids is 1. The van der Waals surface area contributed by atoms with Crippen LogP contribution in [-0.2, 0) is 23.9 Å². The maximum Gasteiger partial charge on any atom is 0.508 e. The monoisotopic (exact) mass is 537 g/mol. The first-order valence-electron chi connectivity index (χ1n) is 13.0. The van der Waals surface area contributed by atoms with Crippen molar-refractivity contribution in [3.63, 3.8) is 0 Å². The number of ether oxygens (including phenoxy) is 4. The Balaban J connectivity index is 3.33. The first-order valence-corrected chi connectivity index (χ1v) is 13.0. The molecule has 0 heterocycles. The van der Waals surface area contributed by atoms with E-state index in [1.54, 1.807) is 26.8 Å². The molecule has 1 aromatic carbocycles. The van der Waals surface area contributed by atoms with E-state index in [-0.39, 0.29) is 42.8 Å². The third-order valence-corrected chi connectivity index (χ3v) is 5.91. The molecule has 0 aromatic heterocycles. The molecule has 10 nitrogen and oxygen atoms in total. The molecule has 0 amide bonds. The van der Waals surface area contributed by atoms with Gasteiger partial charge in [0.15, 0.2) is 11.5 Å². The molecule has 0 aliphatic heterocycles. The molecule has 0 saturated carbocycles. The number of benzene rings is 1. The number of carboxylic acid groups (broad SMARTS) is 1. The molecule has 2 unspecified atom stereocenters. The van der Waals surface area contributed by atoms with E-state index in [1.165, 1.54) is 12.1 Å². The zero-order valence-corrected chi connectivity index (χ0v) is 23.7. The van der Waals surface area contributed by atoms with Crippen LogP contribution in [0.3, 0.4) is 0 Å². The smallest absolute Gasteiger partial charge is 0.480 e. The van der Waals surface area contributed by atoms with E-state index in [1.807, 2.05) is 34.6 Å². The summed E-state index contributed by atoms with van der Waals surface area (Å²) in [7, 11) is 0. The van der Waals surface area contributed by atoms with Crippen molar-refractivity contribution in [2.45, 2.75) is 92.2 Å². The van der Waals surface area contributed by atoms with Crippen molar-refractivity contribution in [3.05, 3.63) is 23.8 Å². The van der Waals surface area contributed by atoms with Gasteiger partial charge in [0, 0.05) is 18.8 Å². The van der Waals surface area contributed by atoms with Crippen LogP contribution in [0.25, 0.3) is 0 Å². The van der Waals surface area contributed by atoms with Gasteiger partial charge in [-0.05, 0) is 55.7 Å². The van der Waals surface area contributed by atoms with Crippen LogP contribution in [-0.4, -0.2) is 47.4 Å². The van der Waals surface area contributed by atoms with Gasteiger partial charge in [-0.25, -0.2) is 4.79 Å². The molecule has 3 atom stereocenters. The Morgan fingerprint density at radius 1 is 0.921 bits per heavy atom. The zero-order valence-electron chi connectivity index (χ0n) is 23.7. The number of esters is 2. The van der Waals surface area contributed by atoms with Gasteiger partial charge in [0.05, 0.1) is 6.61 Å². The van der Waals surface area contributed by atoms with Crippen molar-refractivity contribution in [3.8, 4) is 11.5 Å². The summed E-state index contributed by atoms with van der Waals surface area (Å²) in [4.78, 5) is 48.8. The molecule has 0 aliphatic carbocycles. The predicted octanol–water partition coefficient (Wildman–Crippen LogP) is 5.06. The van der Waals surface area contributed by atoms with Crippen LogP contribution in [0.2, 0.25) is 0 Å². The van der Waals surface area contributed by atoms with Crippen molar-refractivity contribution in [2.75, 3.05) is 6.61 Å². The van der Waals surface area contributed by atoms with Gasteiger partial charge >= 0.3 is 24.1 Å². The van der Waals surface area contributed by atoms with Gasteiger partial charge < -0.3 is 29.8 Å². The Bertz CT molecular complexity index is 971. The lowest BCUT2D eigenvalue weighted by molar-refractivity contribution is -0.139. The second-order valence-electron chi connectivity index (χ2n) is 11.0. The van der Waals surface area contributed by atoms with Crippen LogP contribution >= 0.6 is 0 Å². The standard InChI is InChI=1S/C28H43NO9/c1-9-28(7,8)38-27(34)35-15-18(6)24(25(29)26(32)33)19-10-11-20(36-22(30)12-16(2)3)21(14-19)37-23(31)13-17(4)5/h10-11,14,16-18,24-25H,9,12-13,15,29H2,1-8H3,(H,32,33)/t18?,24?,25-/m0/s1. The highest BCUT2D eigenvalue weighted by molar-refractivity contribution is 5.77. The van der Waals surface area contributed by atoms with Crippen molar-refractivity contribution >= 4 is 24.1 Å². The molecular weight excluding hydrogens is 494 g/mol. The molecule has 1 rings (SSSR count). The second-order valence-corrected chi connectivity index (χ2v) is 11.0. The molecule has 38 heavy (non-hydrogen) atoms. The normalized spacial score (nSPS) is 14.0. The van der Waals surface area contributed by atoms with E-state index >= 15 is 0 Å². The number of hydrogen-bond donors (Lipinski definition) is 2. The van der Waals surface area contributed by atoms with Crippen LogP contribution < -0.4 is 15.2 Å². The summed E-state index contributed by atoms with van der Waals surface area (Å²) in [5, 5.41) is 9.68. The molecular formula is C28H43NO9.